The van der Waals surface area contributed by atoms with Crippen LogP contribution in [0.4, 0.5) is 5.69 Å². The van der Waals surface area contributed by atoms with Gasteiger partial charge in [0.1, 0.15) is 5.75 Å². The number of hydrogen-bond donors (Lipinski definition) is 1. The molecule has 122 valence electrons. The number of hydrogen-bond acceptors (Lipinski definition) is 3. The number of halogens is 1. The van der Waals surface area contributed by atoms with Crippen molar-refractivity contribution in [3.05, 3.63) is 59.1 Å². The molecule has 2 aromatic carbocycles. The van der Waals surface area contributed by atoms with Crippen LogP contribution in [-0.4, -0.2) is 24.0 Å². The quantitative estimate of drug-likeness (QED) is 0.696. The van der Waals surface area contributed by atoms with Crippen molar-refractivity contribution < 1.29 is 9.53 Å². The zero-order valence-electron chi connectivity index (χ0n) is 13.0. The van der Waals surface area contributed by atoms with Crippen LogP contribution >= 0.6 is 23.4 Å². The first-order chi connectivity index (χ1) is 11.1. The average Bonchev–Trinajstić information content (AvgIpc) is 2.53. The van der Waals surface area contributed by atoms with E-state index in [1.165, 1.54) is 5.56 Å². The van der Waals surface area contributed by atoms with Crippen LogP contribution in [0.5, 0.6) is 5.75 Å². The highest BCUT2D eigenvalue weighted by Gasteiger charge is 2.05. The predicted molar refractivity (Wildman–Crippen MR) is 98.7 cm³/mol. The largest absolute Gasteiger partial charge is 0.493 e. The molecule has 0 radical (unpaired) electrons. The zero-order chi connectivity index (χ0) is 16.5. The second-order valence-corrected chi connectivity index (χ2v) is 6.69. The maximum atomic E-state index is 11.8. The smallest absolute Gasteiger partial charge is 0.225 e. The van der Waals surface area contributed by atoms with Crippen molar-refractivity contribution in [1.82, 2.24) is 0 Å². The fourth-order valence-corrected chi connectivity index (χ4v) is 2.88. The highest BCUT2D eigenvalue weighted by molar-refractivity contribution is 7.99. The van der Waals surface area contributed by atoms with Gasteiger partial charge in [-0.1, -0.05) is 35.9 Å². The minimum atomic E-state index is -0.0230. The molecule has 0 aliphatic heterocycles. The number of anilines is 1. The molecular formula is C18H20ClNO2S. The zero-order valence-corrected chi connectivity index (χ0v) is 14.6. The van der Waals surface area contributed by atoms with Crippen LogP contribution in [0, 0.1) is 6.92 Å². The fourth-order valence-electron chi connectivity index (χ4n) is 1.97. The van der Waals surface area contributed by atoms with Crippen molar-refractivity contribution in [2.75, 3.05) is 23.4 Å². The molecule has 0 aliphatic carbocycles. The number of benzene rings is 2. The van der Waals surface area contributed by atoms with Crippen LogP contribution in [0.2, 0.25) is 5.02 Å². The minimum Gasteiger partial charge on any atom is -0.493 e. The third kappa shape index (κ3) is 6.55. The summed E-state index contributed by atoms with van der Waals surface area (Å²) in [5, 5.41) is 3.37. The number of nitrogens with one attached hydrogen (secondary N) is 1. The Morgan fingerprint density at radius 2 is 2.00 bits per heavy atom. The molecule has 0 bridgehead atoms. The van der Waals surface area contributed by atoms with Gasteiger partial charge in [0.2, 0.25) is 5.91 Å². The molecule has 23 heavy (non-hydrogen) atoms. The van der Waals surface area contributed by atoms with E-state index in [1.54, 1.807) is 23.9 Å². The van der Waals surface area contributed by atoms with E-state index in [4.69, 9.17) is 16.3 Å². The van der Waals surface area contributed by atoms with E-state index in [9.17, 15) is 4.79 Å². The molecule has 1 N–H and O–H groups in total. The van der Waals surface area contributed by atoms with Gasteiger partial charge in [-0.3, -0.25) is 4.79 Å². The Hall–Kier alpha value is -1.65. The Bertz CT molecular complexity index is 648. The molecule has 1 amide bonds. The number of amides is 1. The fraction of sp³-hybridized carbons (Fsp3) is 0.278. The molecule has 0 spiro atoms. The summed E-state index contributed by atoms with van der Waals surface area (Å²) in [4.78, 5) is 11.8. The van der Waals surface area contributed by atoms with Crippen molar-refractivity contribution in [1.29, 1.82) is 0 Å². The molecule has 3 nitrogen and oxygen atoms in total. The van der Waals surface area contributed by atoms with Gasteiger partial charge in [0.15, 0.2) is 0 Å². The summed E-state index contributed by atoms with van der Waals surface area (Å²) in [6.07, 6.45) is 0.459. The van der Waals surface area contributed by atoms with Crippen LogP contribution in [0.15, 0.2) is 48.5 Å². The molecule has 0 heterocycles. The van der Waals surface area contributed by atoms with Crippen molar-refractivity contribution >= 4 is 35.0 Å². The Morgan fingerprint density at radius 1 is 1.17 bits per heavy atom. The molecule has 0 aliphatic rings. The normalized spacial score (nSPS) is 10.3. The average molecular weight is 350 g/mol. The molecular weight excluding hydrogens is 330 g/mol. The number of carbonyl (C=O) groups excluding carboxylic acids is 1. The second-order valence-electron chi connectivity index (χ2n) is 5.06. The first kappa shape index (κ1) is 17.7. The van der Waals surface area contributed by atoms with Gasteiger partial charge in [0, 0.05) is 17.9 Å². The summed E-state index contributed by atoms with van der Waals surface area (Å²) in [5.41, 5.74) is 1.85. The van der Waals surface area contributed by atoms with E-state index in [0.29, 0.717) is 23.7 Å². The number of para-hydroxylation sites is 1. The predicted octanol–water partition coefficient (Wildman–Crippen LogP) is 4.79. The maximum Gasteiger partial charge on any atom is 0.225 e. The summed E-state index contributed by atoms with van der Waals surface area (Å²) >= 11 is 7.70. The third-order valence-corrected chi connectivity index (χ3v) is 4.39. The topological polar surface area (TPSA) is 38.3 Å². The Kier molecular flexibility index (Phi) is 7.30. The first-order valence-corrected chi connectivity index (χ1v) is 9.00. The molecule has 2 rings (SSSR count). The lowest BCUT2D eigenvalue weighted by molar-refractivity contribution is -0.115. The first-order valence-electron chi connectivity index (χ1n) is 7.47. The summed E-state index contributed by atoms with van der Waals surface area (Å²) in [7, 11) is 0. The summed E-state index contributed by atoms with van der Waals surface area (Å²) in [6, 6.07) is 15.2. The van der Waals surface area contributed by atoms with Gasteiger partial charge >= 0.3 is 0 Å². The summed E-state index contributed by atoms with van der Waals surface area (Å²) in [6.45, 7) is 2.68. The second kappa shape index (κ2) is 9.48. The molecule has 5 heteroatoms. The minimum absolute atomic E-state index is 0.0230. The van der Waals surface area contributed by atoms with Gasteiger partial charge in [-0.2, -0.15) is 11.8 Å². The van der Waals surface area contributed by atoms with E-state index in [-0.39, 0.29) is 5.91 Å². The number of aryl methyl sites for hydroxylation is 1. The molecule has 0 unspecified atom stereocenters. The monoisotopic (exact) mass is 349 g/mol. The molecule has 0 atom stereocenters. The van der Waals surface area contributed by atoms with E-state index >= 15 is 0 Å². The van der Waals surface area contributed by atoms with Crippen LogP contribution in [-0.2, 0) is 4.79 Å². The van der Waals surface area contributed by atoms with Gasteiger partial charge < -0.3 is 10.1 Å². The molecule has 0 saturated heterocycles. The van der Waals surface area contributed by atoms with Gasteiger partial charge in [-0.05, 0) is 36.8 Å². The van der Waals surface area contributed by atoms with Crippen LogP contribution in [0.3, 0.4) is 0 Å². The third-order valence-electron chi connectivity index (χ3n) is 3.11. The van der Waals surface area contributed by atoms with E-state index in [2.05, 4.69) is 5.32 Å². The summed E-state index contributed by atoms with van der Waals surface area (Å²) in [5.74, 6) is 2.48. The van der Waals surface area contributed by atoms with Crippen LogP contribution in [0.25, 0.3) is 0 Å². The molecule has 0 aromatic heterocycles. The lowest BCUT2D eigenvalue weighted by Gasteiger charge is -2.08. The Labute approximate surface area is 146 Å². The van der Waals surface area contributed by atoms with Gasteiger partial charge in [-0.15, -0.1) is 0 Å². The lowest BCUT2D eigenvalue weighted by atomic mass is 10.2. The number of rotatable bonds is 8. The van der Waals surface area contributed by atoms with E-state index in [1.807, 2.05) is 43.3 Å². The number of carbonyl (C=O) groups is 1. The van der Waals surface area contributed by atoms with Crippen molar-refractivity contribution in [2.24, 2.45) is 0 Å². The Balaban J connectivity index is 1.58. The van der Waals surface area contributed by atoms with Gasteiger partial charge in [0.05, 0.1) is 17.3 Å². The lowest BCUT2D eigenvalue weighted by Crippen LogP contribution is -2.13. The Morgan fingerprint density at radius 3 is 2.78 bits per heavy atom. The van der Waals surface area contributed by atoms with Crippen molar-refractivity contribution in [2.45, 2.75) is 13.3 Å². The highest BCUT2D eigenvalue weighted by atomic mass is 35.5. The van der Waals surface area contributed by atoms with Crippen molar-refractivity contribution in [3.63, 3.8) is 0 Å². The SMILES string of the molecule is Cc1cccc(OCCSCCC(=O)Nc2ccccc2Cl)c1. The molecule has 0 fully saturated rings. The van der Waals surface area contributed by atoms with Crippen LogP contribution in [0.1, 0.15) is 12.0 Å². The van der Waals surface area contributed by atoms with Crippen molar-refractivity contribution in [3.8, 4) is 5.75 Å². The van der Waals surface area contributed by atoms with Gasteiger partial charge in [-0.25, -0.2) is 0 Å². The summed E-state index contributed by atoms with van der Waals surface area (Å²) < 4.78 is 5.67. The standard InChI is InChI=1S/C18H20ClNO2S/c1-14-5-4-6-15(13-14)22-10-12-23-11-9-18(21)20-17-8-3-2-7-16(17)19/h2-8,13H,9-12H2,1H3,(H,20,21). The maximum absolute atomic E-state index is 11.8. The van der Waals surface area contributed by atoms with Gasteiger partial charge in [0.25, 0.3) is 0 Å². The highest BCUT2D eigenvalue weighted by Crippen LogP contribution is 2.20. The number of thioether (sulfide) groups is 1. The number of ether oxygens (including phenoxy) is 1. The van der Waals surface area contributed by atoms with E-state index in [0.717, 1.165) is 17.3 Å². The van der Waals surface area contributed by atoms with E-state index < -0.39 is 0 Å². The molecule has 0 saturated carbocycles. The van der Waals surface area contributed by atoms with Crippen LogP contribution < -0.4 is 10.1 Å². The molecule has 2 aromatic rings.